The Balaban J connectivity index is 2.01. The number of rotatable bonds is 4. The molecule has 1 spiro atoms. The van der Waals surface area contributed by atoms with E-state index in [4.69, 9.17) is 4.74 Å². The molecule has 1 saturated carbocycles. The van der Waals surface area contributed by atoms with E-state index >= 15 is 0 Å². The first-order valence-electron chi connectivity index (χ1n) is 22.3. The minimum atomic E-state index is -2.16. The van der Waals surface area contributed by atoms with E-state index in [1.807, 2.05) is 25.2 Å². The SMILES string of the molecule is CC[C@@H]1C=CC=CC[C@H](C)[C@@H](O)[C@](C)(O)C(=O)[C@H](C)[C@@H](O)[C@H](C)C(=O)[C@H](C)[C@@H](O)C(C)=CCC(=O)C[C@H]2[C@@H](C)[C@@H](CC1)OC1(CC[C@@H](C)[C@@H](C[C@H](C)O)C1)[C@@H]2CC. The lowest BCUT2D eigenvalue weighted by atomic mass is 9.58. The third-order valence-corrected chi connectivity index (χ3v) is 14.8. The van der Waals surface area contributed by atoms with Crippen LogP contribution in [0.25, 0.3) is 0 Å². The number of ether oxygens (including phenoxy) is 1. The molecule has 0 radical (unpaired) electrons. The van der Waals surface area contributed by atoms with Gasteiger partial charge in [-0.2, -0.15) is 0 Å². The summed E-state index contributed by atoms with van der Waals surface area (Å²) < 4.78 is 7.36. The molecule has 1 saturated heterocycles. The monoisotopic (exact) mass is 801 g/mol. The number of carbonyl (C=O) groups excluding carboxylic acids is 3. The molecule has 1 unspecified atom stereocenters. The minimum absolute atomic E-state index is 0.0216. The molecule has 0 aromatic heterocycles. The summed E-state index contributed by atoms with van der Waals surface area (Å²) in [6, 6.07) is 0. The normalized spacial score (nSPS) is 43.5. The predicted molar refractivity (Wildman–Crippen MR) is 226 cm³/mol. The zero-order valence-corrected chi connectivity index (χ0v) is 37.2. The molecular formula is C48H80O9. The maximum absolute atomic E-state index is 14.0. The molecule has 1 aliphatic heterocycles. The van der Waals surface area contributed by atoms with Gasteiger partial charge < -0.3 is 30.3 Å². The minimum Gasteiger partial charge on any atom is -0.393 e. The lowest BCUT2D eigenvalue weighted by molar-refractivity contribution is -0.235. The Morgan fingerprint density at radius 1 is 0.895 bits per heavy atom. The smallest absolute Gasteiger partial charge is 0.172 e. The molecule has 1 heterocycles. The van der Waals surface area contributed by atoms with E-state index in [0.29, 0.717) is 36.2 Å². The number of ketones is 3. The fraction of sp³-hybridized carbons (Fsp3) is 0.812. The molecule has 5 N–H and O–H groups in total. The number of hydrogen-bond donors (Lipinski definition) is 5. The van der Waals surface area contributed by atoms with E-state index in [-0.39, 0.29) is 47.8 Å². The van der Waals surface area contributed by atoms with Crippen molar-refractivity contribution in [2.75, 3.05) is 0 Å². The highest BCUT2D eigenvalue weighted by Crippen LogP contribution is 2.55. The van der Waals surface area contributed by atoms with Crippen molar-refractivity contribution in [1.82, 2.24) is 0 Å². The van der Waals surface area contributed by atoms with Crippen molar-refractivity contribution in [2.24, 2.45) is 59.2 Å². The third-order valence-electron chi connectivity index (χ3n) is 14.8. The summed E-state index contributed by atoms with van der Waals surface area (Å²) in [7, 11) is 0. The molecule has 17 atom stereocenters. The van der Waals surface area contributed by atoms with Gasteiger partial charge in [0.15, 0.2) is 5.78 Å². The van der Waals surface area contributed by atoms with Gasteiger partial charge >= 0.3 is 0 Å². The number of fused-ring (bicyclic) bond motifs is 2. The molecule has 2 aliphatic carbocycles. The van der Waals surface area contributed by atoms with Gasteiger partial charge in [-0.1, -0.05) is 92.2 Å². The first-order chi connectivity index (χ1) is 26.6. The fourth-order valence-electron chi connectivity index (χ4n) is 10.7. The number of Topliss-reactive ketones (excluding diaryl/α,β-unsaturated/α-hetero) is 3. The molecule has 3 aliphatic rings. The molecule has 0 amide bonds. The maximum Gasteiger partial charge on any atom is 0.172 e. The van der Waals surface area contributed by atoms with E-state index in [0.717, 1.165) is 51.4 Å². The summed E-state index contributed by atoms with van der Waals surface area (Å²) >= 11 is 0. The summed E-state index contributed by atoms with van der Waals surface area (Å²) in [5.74, 6) is -3.14. The topological polar surface area (TPSA) is 162 Å². The van der Waals surface area contributed by atoms with Crippen LogP contribution in [0.3, 0.4) is 0 Å². The molecule has 2 fully saturated rings. The van der Waals surface area contributed by atoms with Gasteiger partial charge in [-0.05, 0) is 119 Å². The van der Waals surface area contributed by atoms with Crippen LogP contribution in [0.4, 0.5) is 0 Å². The van der Waals surface area contributed by atoms with Crippen LogP contribution in [-0.2, 0) is 19.1 Å². The van der Waals surface area contributed by atoms with Gasteiger partial charge in [0.25, 0.3) is 0 Å². The van der Waals surface area contributed by atoms with Crippen LogP contribution in [0, 0.1) is 59.2 Å². The first kappa shape index (κ1) is 49.4. The summed E-state index contributed by atoms with van der Waals surface area (Å²) in [5.41, 5.74) is -2.03. The Morgan fingerprint density at radius 2 is 1.56 bits per heavy atom. The van der Waals surface area contributed by atoms with Crippen LogP contribution >= 0.6 is 0 Å². The molecule has 9 nitrogen and oxygen atoms in total. The third kappa shape index (κ3) is 12.1. The largest absolute Gasteiger partial charge is 0.393 e. The summed E-state index contributed by atoms with van der Waals surface area (Å²) in [6.45, 7) is 20.1. The van der Waals surface area contributed by atoms with Gasteiger partial charge in [-0.15, -0.1) is 0 Å². The Morgan fingerprint density at radius 3 is 2.18 bits per heavy atom. The lowest BCUT2D eigenvalue weighted by Crippen LogP contribution is -2.58. The number of allylic oxidation sites excluding steroid dienone is 5. The van der Waals surface area contributed by atoms with E-state index in [1.54, 1.807) is 26.8 Å². The summed E-state index contributed by atoms with van der Waals surface area (Å²) in [6.07, 6.45) is 13.5. The fourth-order valence-corrected chi connectivity index (χ4v) is 10.7. The molecule has 3 rings (SSSR count). The van der Waals surface area contributed by atoms with E-state index in [9.17, 15) is 39.9 Å². The Labute approximate surface area is 344 Å². The van der Waals surface area contributed by atoms with Crippen LogP contribution in [0.2, 0.25) is 0 Å². The number of hydrogen-bond acceptors (Lipinski definition) is 9. The van der Waals surface area contributed by atoms with Gasteiger partial charge in [0.1, 0.15) is 17.2 Å². The van der Waals surface area contributed by atoms with E-state index in [2.05, 4.69) is 33.8 Å². The standard InChI is InChI=1S/C48H80O9/c1-12-36-18-16-14-15-17-30(5)45(54)47(11,56)46(55)35(10)44(53)34(9)43(52)33(8)42(51)29(4)19-21-38(50)26-39-32(7)41(22-20-36)57-48(40(39)13-2)24-23-28(3)37(27-48)25-31(6)49/h14-16,18-19,28,30-37,39-42,44-45,49,51,53-54,56H,12-13,17,20-27H2,1-11H3/t28-,30+,31+,32-,33-,34-,35-,36-,37+,39+,40-,41-,42+,44+,45-,47+,48?/m1/s1. The highest BCUT2D eigenvalue weighted by atomic mass is 16.5. The van der Waals surface area contributed by atoms with Crippen molar-refractivity contribution in [3.8, 4) is 0 Å². The maximum atomic E-state index is 14.0. The van der Waals surface area contributed by atoms with Crippen molar-refractivity contribution in [2.45, 2.75) is 189 Å². The second kappa shape index (κ2) is 21.5. The second-order valence-electron chi connectivity index (χ2n) is 19.2. The van der Waals surface area contributed by atoms with Gasteiger partial charge in [0.2, 0.25) is 0 Å². The van der Waals surface area contributed by atoms with Crippen LogP contribution in [0.1, 0.15) is 147 Å². The highest BCUT2D eigenvalue weighted by molar-refractivity contribution is 5.91. The van der Waals surface area contributed by atoms with Crippen molar-refractivity contribution < 1.29 is 44.7 Å². The first-order valence-corrected chi connectivity index (χ1v) is 22.3. The average molecular weight is 801 g/mol. The summed E-state index contributed by atoms with van der Waals surface area (Å²) in [4.78, 5) is 41.1. The Bertz CT molecular complexity index is 1410. The quantitative estimate of drug-likeness (QED) is 0.179. The Hall–Kier alpha value is -2.01. The van der Waals surface area contributed by atoms with Gasteiger partial charge in [0, 0.05) is 30.6 Å². The van der Waals surface area contributed by atoms with Crippen LogP contribution in [0.15, 0.2) is 36.0 Å². The number of aliphatic hydroxyl groups is 5. The lowest BCUT2D eigenvalue weighted by Gasteiger charge is -2.57. The van der Waals surface area contributed by atoms with Crippen molar-refractivity contribution in [3.05, 3.63) is 36.0 Å². The van der Waals surface area contributed by atoms with E-state index in [1.165, 1.54) is 20.8 Å². The van der Waals surface area contributed by atoms with Crippen LogP contribution in [-0.4, -0.2) is 84.6 Å². The van der Waals surface area contributed by atoms with Crippen molar-refractivity contribution in [1.29, 1.82) is 0 Å². The van der Waals surface area contributed by atoms with Gasteiger partial charge in [-0.25, -0.2) is 0 Å². The molecule has 57 heavy (non-hydrogen) atoms. The van der Waals surface area contributed by atoms with Crippen molar-refractivity contribution in [3.63, 3.8) is 0 Å². The number of aliphatic hydroxyl groups excluding tert-OH is 4. The molecular weight excluding hydrogens is 721 g/mol. The zero-order valence-electron chi connectivity index (χ0n) is 37.2. The Kier molecular flexibility index (Phi) is 18.6. The summed E-state index contributed by atoms with van der Waals surface area (Å²) in [5, 5.41) is 55.4. The zero-order chi connectivity index (χ0) is 43.0. The predicted octanol–water partition coefficient (Wildman–Crippen LogP) is 7.74. The molecule has 326 valence electrons. The van der Waals surface area contributed by atoms with Crippen LogP contribution < -0.4 is 0 Å². The average Bonchev–Trinajstić information content (AvgIpc) is 3.17. The molecule has 9 heteroatoms. The highest BCUT2D eigenvalue weighted by Gasteiger charge is 2.54. The molecule has 0 aromatic rings. The van der Waals surface area contributed by atoms with E-state index < -0.39 is 59.2 Å². The second-order valence-corrected chi connectivity index (χ2v) is 19.2. The number of carbonyl (C=O) groups is 3. The van der Waals surface area contributed by atoms with Gasteiger partial charge in [0.05, 0.1) is 36.1 Å². The molecule has 2 bridgehead atoms. The van der Waals surface area contributed by atoms with Crippen molar-refractivity contribution >= 4 is 17.3 Å². The molecule has 0 aromatic carbocycles. The van der Waals surface area contributed by atoms with Crippen LogP contribution in [0.5, 0.6) is 0 Å². The van der Waals surface area contributed by atoms with Gasteiger partial charge in [-0.3, -0.25) is 14.4 Å².